The minimum absolute atomic E-state index is 0.0938. The van der Waals surface area contributed by atoms with Crippen molar-refractivity contribution in [2.24, 2.45) is 0 Å². The van der Waals surface area contributed by atoms with E-state index < -0.39 is 5.54 Å². The van der Waals surface area contributed by atoms with Gasteiger partial charge in [-0.2, -0.15) is 0 Å². The summed E-state index contributed by atoms with van der Waals surface area (Å²) in [5.74, 6) is -0.585. The second kappa shape index (κ2) is 7.40. The van der Waals surface area contributed by atoms with Crippen molar-refractivity contribution in [2.75, 3.05) is 20.3 Å². The molecule has 0 atom stereocenters. The number of methoxy groups -OCH3 is 1. The molecule has 1 N–H and O–H groups in total. The van der Waals surface area contributed by atoms with Crippen molar-refractivity contribution >= 4 is 11.9 Å². The van der Waals surface area contributed by atoms with E-state index in [1.165, 1.54) is 12.0 Å². The molecule has 0 unspecified atom stereocenters. The van der Waals surface area contributed by atoms with Gasteiger partial charge in [0.25, 0.3) is 5.91 Å². The van der Waals surface area contributed by atoms with E-state index in [0.717, 1.165) is 11.1 Å². The standard InChI is InChI=1S/C17H25NO4/c1-12-6-7-14(10-13(12)2)16(21)18(17(3,4)11-19)9-8-15(20)22-5/h6-7,10,19H,8-9,11H2,1-5H3. The average Bonchev–Trinajstić information content (AvgIpc) is 2.49. The lowest BCUT2D eigenvalue weighted by atomic mass is 10.00. The average molecular weight is 307 g/mol. The summed E-state index contributed by atoms with van der Waals surface area (Å²) in [6.07, 6.45) is 0.0938. The van der Waals surface area contributed by atoms with E-state index in [2.05, 4.69) is 4.74 Å². The van der Waals surface area contributed by atoms with E-state index in [1.807, 2.05) is 26.0 Å². The number of amides is 1. The summed E-state index contributed by atoms with van der Waals surface area (Å²) < 4.78 is 4.63. The summed E-state index contributed by atoms with van der Waals surface area (Å²) >= 11 is 0. The maximum absolute atomic E-state index is 12.8. The first-order valence-electron chi connectivity index (χ1n) is 7.30. The number of ether oxygens (including phenoxy) is 1. The van der Waals surface area contributed by atoms with Gasteiger partial charge in [0.05, 0.1) is 25.7 Å². The number of carbonyl (C=O) groups excluding carboxylic acids is 2. The molecule has 1 aromatic carbocycles. The van der Waals surface area contributed by atoms with Gasteiger partial charge in [0.2, 0.25) is 0 Å². The number of aliphatic hydroxyl groups excluding tert-OH is 1. The van der Waals surface area contributed by atoms with E-state index in [-0.39, 0.29) is 31.4 Å². The summed E-state index contributed by atoms with van der Waals surface area (Å²) in [5, 5.41) is 9.57. The molecule has 0 aliphatic carbocycles. The number of aryl methyl sites for hydroxylation is 2. The molecular weight excluding hydrogens is 282 g/mol. The molecule has 5 nitrogen and oxygen atoms in total. The lowest BCUT2D eigenvalue weighted by Crippen LogP contribution is -2.51. The third kappa shape index (κ3) is 4.31. The second-order valence-electron chi connectivity index (χ2n) is 6.05. The van der Waals surface area contributed by atoms with Crippen molar-refractivity contribution in [1.82, 2.24) is 4.90 Å². The van der Waals surface area contributed by atoms with Crippen molar-refractivity contribution < 1.29 is 19.4 Å². The zero-order valence-corrected chi connectivity index (χ0v) is 14.0. The first-order valence-corrected chi connectivity index (χ1v) is 7.30. The summed E-state index contributed by atoms with van der Waals surface area (Å²) in [6.45, 7) is 7.47. The number of hydrogen-bond donors (Lipinski definition) is 1. The van der Waals surface area contributed by atoms with Crippen LogP contribution in [0.4, 0.5) is 0 Å². The van der Waals surface area contributed by atoms with Crippen LogP contribution in [-0.4, -0.2) is 47.7 Å². The Morgan fingerprint density at radius 3 is 2.36 bits per heavy atom. The van der Waals surface area contributed by atoms with Crippen molar-refractivity contribution in [3.8, 4) is 0 Å². The Kier molecular flexibility index (Phi) is 6.11. The monoisotopic (exact) mass is 307 g/mol. The van der Waals surface area contributed by atoms with Crippen LogP contribution in [0.25, 0.3) is 0 Å². The van der Waals surface area contributed by atoms with Gasteiger partial charge in [-0.15, -0.1) is 0 Å². The van der Waals surface area contributed by atoms with Crippen LogP contribution in [0.5, 0.6) is 0 Å². The van der Waals surface area contributed by atoms with Crippen molar-refractivity contribution in [3.05, 3.63) is 34.9 Å². The summed E-state index contributed by atoms with van der Waals surface area (Å²) in [4.78, 5) is 25.7. The van der Waals surface area contributed by atoms with Crippen LogP contribution in [0.3, 0.4) is 0 Å². The van der Waals surface area contributed by atoms with Crippen LogP contribution in [0.1, 0.15) is 41.8 Å². The van der Waals surface area contributed by atoms with Crippen LogP contribution in [-0.2, 0) is 9.53 Å². The molecule has 0 heterocycles. The molecule has 1 rings (SSSR count). The zero-order valence-electron chi connectivity index (χ0n) is 14.0. The van der Waals surface area contributed by atoms with Crippen LogP contribution < -0.4 is 0 Å². The lowest BCUT2D eigenvalue weighted by molar-refractivity contribution is -0.141. The molecule has 1 amide bonds. The van der Waals surface area contributed by atoms with Crippen LogP contribution in [0.2, 0.25) is 0 Å². The van der Waals surface area contributed by atoms with Crippen LogP contribution in [0, 0.1) is 13.8 Å². The van der Waals surface area contributed by atoms with Crippen LogP contribution >= 0.6 is 0 Å². The molecule has 0 fully saturated rings. The first-order chi connectivity index (χ1) is 10.2. The molecule has 0 bridgehead atoms. The number of hydrogen-bond acceptors (Lipinski definition) is 4. The number of benzene rings is 1. The van der Waals surface area contributed by atoms with Crippen molar-refractivity contribution in [3.63, 3.8) is 0 Å². The fourth-order valence-electron chi connectivity index (χ4n) is 2.10. The van der Waals surface area contributed by atoms with E-state index >= 15 is 0 Å². The highest BCUT2D eigenvalue weighted by atomic mass is 16.5. The maximum atomic E-state index is 12.8. The smallest absolute Gasteiger partial charge is 0.307 e. The molecule has 22 heavy (non-hydrogen) atoms. The number of esters is 1. The molecule has 0 aliphatic rings. The van der Waals surface area contributed by atoms with E-state index in [1.54, 1.807) is 19.9 Å². The summed E-state index contributed by atoms with van der Waals surface area (Å²) in [7, 11) is 1.31. The quantitative estimate of drug-likeness (QED) is 0.817. The third-order valence-electron chi connectivity index (χ3n) is 3.88. The second-order valence-corrected chi connectivity index (χ2v) is 6.05. The zero-order chi connectivity index (χ0) is 16.9. The summed E-state index contributed by atoms with van der Waals surface area (Å²) in [6, 6.07) is 5.49. The fraction of sp³-hybridized carbons (Fsp3) is 0.529. The number of aliphatic hydroxyl groups is 1. The van der Waals surface area contributed by atoms with Crippen molar-refractivity contribution in [1.29, 1.82) is 0 Å². The SMILES string of the molecule is COC(=O)CCN(C(=O)c1ccc(C)c(C)c1)C(C)(C)CO. The number of nitrogens with zero attached hydrogens (tertiary/aromatic N) is 1. The van der Waals surface area contributed by atoms with E-state index in [0.29, 0.717) is 5.56 Å². The molecule has 122 valence electrons. The highest BCUT2D eigenvalue weighted by Gasteiger charge is 2.31. The Hall–Kier alpha value is -1.88. The van der Waals surface area contributed by atoms with Gasteiger partial charge in [0.1, 0.15) is 0 Å². The first kappa shape index (κ1) is 18.2. The Labute approximate surface area is 131 Å². The molecule has 5 heteroatoms. The van der Waals surface area contributed by atoms with Gasteiger partial charge in [-0.1, -0.05) is 6.07 Å². The van der Waals surface area contributed by atoms with Crippen molar-refractivity contribution in [2.45, 2.75) is 39.7 Å². The minimum Gasteiger partial charge on any atom is -0.469 e. The molecular formula is C17H25NO4. The largest absolute Gasteiger partial charge is 0.469 e. The predicted octanol–water partition coefficient (Wildman–Crippen LogP) is 2.08. The lowest BCUT2D eigenvalue weighted by Gasteiger charge is -2.37. The molecule has 0 aliphatic heterocycles. The molecule has 0 spiro atoms. The van der Waals surface area contributed by atoms with E-state index in [4.69, 9.17) is 0 Å². The Bertz CT molecular complexity index is 552. The molecule has 0 aromatic heterocycles. The Balaban J connectivity index is 3.06. The van der Waals surface area contributed by atoms with Gasteiger partial charge < -0.3 is 14.7 Å². The van der Waals surface area contributed by atoms with Gasteiger partial charge in [0.15, 0.2) is 0 Å². The van der Waals surface area contributed by atoms with Gasteiger partial charge in [-0.25, -0.2) is 0 Å². The minimum atomic E-state index is -0.760. The topological polar surface area (TPSA) is 66.8 Å². The number of carbonyl (C=O) groups is 2. The predicted molar refractivity (Wildman–Crippen MR) is 84.8 cm³/mol. The maximum Gasteiger partial charge on any atom is 0.307 e. The molecule has 0 saturated heterocycles. The fourth-order valence-corrected chi connectivity index (χ4v) is 2.10. The molecule has 0 saturated carbocycles. The highest BCUT2D eigenvalue weighted by Crippen LogP contribution is 2.20. The van der Waals surface area contributed by atoms with Crippen LogP contribution in [0.15, 0.2) is 18.2 Å². The normalized spacial score (nSPS) is 11.2. The van der Waals surface area contributed by atoms with Gasteiger partial charge in [0, 0.05) is 12.1 Å². The third-order valence-corrected chi connectivity index (χ3v) is 3.88. The summed E-state index contributed by atoms with van der Waals surface area (Å²) in [5.41, 5.74) is 1.93. The Morgan fingerprint density at radius 1 is 1.23 bits per heavy atom. The number of rotatable bonds is 6. The van der Waals surface area contributed by atoms with Gasteiger partial charge in [-0.05, 0) is 51.0 Å². The Morgan fingerprint density at radius 2 is 1.86 bits per heavy atom. The van der Waals surface area contributed by atoms with Gasteiger partial charge in [-0.3, -0.25) is 9.59 Å². The molecule has 0 radical (unpaired) electrons. The van der Waals surface area contributed by atoms with Gasteiger partial charge >= 0.3 is 5.97 Å². The highest BCUT2D eigenvalue weighted by molar-refractivity contribution is 5.95. The molecule has 1 aromatic rings. The van der Waals surface area contributed by atoms with E-state index in [9.17, 15) is 14.7 Å².